The van der Waals surface area contributed by atoms with Crippen LogP contribution < -0.4 is 10.2 Å². The number of pyridine rings is 1. The highest BCUT2D eigenvalue weighted by Gasteiger charge is 2.23. The van der Waals surface area contributed by atoms with Gasteiger partial charge in [0.1, 0.15) is 5.82 Å². The van der Waals surface area contributed by atoms with E-state index in [4.69, 9.17) is 4.74 Å². The Balaban J connectivity index is 1.27. The highest BCUT2D eigenvalue weighted by Crippen LogP contribution is 2.19. The van der Waals surface area contributed by atoms with Gasteiger partial charge < -0.3 is 19.9 Å². The van der Waals surface area contributed by atoms with Crippen molar-refractivity contribution in [2.24, 2.45) is 0 Å². The van der Waals surface area contributed by atoms with Crippen molar-refractivity contribution < 1.29 is 14.3 Å². The van der Waals surface area contributed by atoms with Crippen molar-refractivity contribution in [3.8, 4) is 0 Å². The van der Waals surface area contributed by atoms with E-state index < -0.39 is 0 Å². The Labute approximate surface area is 200 Å². The number of carbonyl (C=O) groups excluding carboxylic acids is 2. The molecule has 0 atom stereocenters. The van der Waals surface area contributed by atoms with Crippen LogP contribution in [0.25, 0.3) is 10.8 Å². The summed E-state index contributed by atoms with van der Waals surface area (Å²) in [7, 11) is 0. The molecule has 0 bridgehead atoms. The molecule has 3 aromatic rings. The number of nitrogens with zero attached hydrogens (tertiary/aromatic N) is 3. The number of amides is 2. The maximum Gasteiger partial charge on any atom is 0.253 e. The summed E-state index contributed by atoms with van der Waals surface area (Å²) in [5.74, 6) is 0.748. The lowest BCUT2D eigenvalue weighted by Crippen LogP contribution is -2.49. The van der Waals surface area contributed by atoms with E-state index >= 15 is 0 Å². The molecular weight excluding hydrogens is 428 g/mol. The fourth-order valence-corrected chi connectivity index (χ4v) is 4.05. The molecule has 1 aliphatic rings. The molecule has 0 spiro atoms. The molecule has 1 N–H and O–H groups in total. The number of rotatable bonds is 8. The van der Waals surface area contributed by atoms with E-state index in [-0.39, 0.29) is 17.9 Å². The van der Waals surface area contributed by atoms with E-state index in [1.807, 2.05) is 67.3 Å². The quantitative estimate of drug-likeness (QED) is 0.519. The Hall–Kier alpha value is -3.45. The Kier molecular flexibility index (Phi) is 7.75. The molecule has 2 heterocycles. The molecule has 2 aromatic carbocycles. The zero-order valence-electron chi connectivity index (χ0n) is 19.9. The van der Waals surface area contributed by atoms with Gasteiger partial charge in [-0.05, 0) is 55.3 Å². The Morgan fingerprint density at radius 2 is 1.71 bits per heavy atom. The lowest BCUT2D eigenvalue weighted by atomic mass is 10.1. The van der Waals surface area contributed by atoms with Crippen molar-refractivity contribution in [3.63, 3.8) is 0 Å². The van der Waals surface area contributed by atoms with Crippen LogP contribution >= 0.6 is 0 Å². The number of hydrogen-bond donors (Lipinski definition) is 1. The maximum atomic E-state index is 13.0. The first-order chi connectivity index (χ1) is 16.5. The minimum Gasteiger partial charge on any atom is -0.379 e. The van der Waals surface area contributed by atoms with E-state index in [0.29, 0.717) is 44.9 Å². The molecule has 0 unspecified atom stereocenters. The van der Waals surface area contributed by atoms with E-state index in [1.54, 1.807) is 12.3 Å². The molecule has 178 valence electrons. The van der Waals surface area contributed by atoms with Crippen LogP contribution in [0.4, 0.5) is 5.82 Å². The summed E-state index contributed by atoms with van der Waals surface area (Å²) >= 11 is 0. The van der Waals surface area contributed by atoms with Gasteiger partial charge in [-0.2, -0.15) is 0 Å². The van der Waals surface area contributed by atoms with Gasteiger partial charge in [0.15, 0.2) is 0 Å². The third kappa shape index (κ3) is 5.91. The smallest absolute Gasteiger partial charge is 0.253 e. The van der Waals surface area contributed by atoms with Crippen molar-refractivity contribution >= 4 is 28.4 Å². The lowest BCUT2D eigenvalue weighted by Gasteiger charge is -2.35. The minimum atomic E-state index is -0.130. The van der Waals surface area contributed by atoms with Gasteiger partial charge in [0, 0.05) is 51.1 Å². The molecule has 34 heavy (non-hydrogen) atoms. The Morgan fingerprint density at radius 1 is 0.971 bits per heavy atom. The van der Waals surface area contributed by atoms with Gasteiger partial charge in [-0.15, -0.1) is 0 Å². The monoisotopic (exact) mass is 460 g/mol. The zero-order valence-corrected chi connectivity index (χ0v) is 19.9. The molecule has 1 aliphatic heterocycles. The van der Waals surface area contributed by atoms with Gasteiger partial charge >= 0.3 is 0 Å². The van der Waals surface area contributed by atoms with Crippen molar-refractivity contribution in [1.29, 1.82) is 0 Å². The van der Waals surface area contributed by atoms with Crippen molar-refractivity contribution in [1.82, 2.24) is 15.2 Å². The Bertz CT molecular complexity index is 1120. The van der Waals surface area contributed by atoms with Gasteiger partial charge in [0.2, 0.25) is 0 Å². The molecule has 7 heteroatoms. The molecule has 0 saturated carbocycles. The van der Waals surface area contributed by atoms with Gasteiger partial charge in [-0.1, -0.05) is 30.3 Å². The number of benzene rings is 2. The van der Waals surface area contributed by atoms with Crippen LogP contribution in [0.5, 0.6) is 0 Å². The minimum absolute atomic E-state index is 0.0594. The van der Waals surface area contributed by atoms with Gasteiger partial charge in [-0.3, -0.25) is 9.59 Å². The normalized spacial score (nSPS) is 14.0. The Morgan fingerprint density at radius 3 is 2.41 bits per heavy atom. The highest BCUT2D eigenvalue weighted by molar-refractivity contribution is 5.98. The second-order valence-electron chi connectivity index (χ2n) is 8.78. The fraction of sp³-hybridized carbons (Fsp3) is 0.370. The number of hydrogen-bond acceptors (Lipinski definition) is 5. The van der Waals surface area contributed by atoms with E-state index in [9.17, 15) is 9.59 Å². The number of anilines is 1. The standard InChI is InChI=1S/C27H32N4O3/c1-20(2)34-17-5-12-28-26(32)24-10-11-25(29-19-24)30-13-15-31(16-14-30)27(33)23-9-8-21-6-3-4-7-22(21)18-23/h3-4,6-11,18-20H,5,12-17H2,1-2H3,(H,28,32). The summed E-state index contributed by atoms with van der Waals surface area (Å²) in [5.41, 5.74) is 1.26. The molecule has 4 rings (SSSR count). The summed E-state index contributed by atoms with van der Waals surface area (Å²) in [4.78, 5) is 33.9. The number of ether oxygens (including phenoxy) is 1. The molecule has 7 nitrogen and oxygen atoms in total. The summed E-state index contributed by atoms with van der Waals surface area (Å²) in [6, 6.07) is 17.6. The van der Waals surface area contributed by atoms with Crippen molar-refractivity contribution in [2.75, 3.05) is 44.2 Å². The summed E-state index contributed by atoms with van der Waals surface area (Å²) in [6.45, 7) is 7.86. The van der Waals surface area contributed by atoms with Crippen LogP contribution in [0.15, 0.2) is 60.8 Å². The first-order valence-corrected chi connectivity index (χ1v) is 11.9. The number of piperazine rings is 1. The zero-order chi connectivity index (χ0) is 23.9. The van der Waals surface area contributed by atoms with E-state index in [2.05, 4.69) is 15.2 Å². The number of fused-ring (bicyclic) bond motifs is 1. The third-order valence-corrected chi connectivity index (χ3v) is 5.96. The van der Waals surface area contributed by atoms with E-state index in [1.165, 1.54) is 0 Å². The van der Waals surface area contributed by atoms with Crippen LogP contribution in [0, 0.1) is 0 Å². The van der Waals surface area contributed by atoms with Crippen molar-refractivity contribution in [3.05, 3.63) is 71.9 Å². The summed E-state index contributed by atoms with van der Waals surface area (Å²) in [6.07, 6.45) is 2.59. The SMILES string of the molecule is CC(C)OCCCNC(=O)c1ccc(N2CCN(C(=O)c3ccc4ccccc4c3)CC2)nc1. The number of carbonyl (C=O) groups is 2. The molecule has 1 saturated heterocycles. The first kappa shape index (κ1) is 23.7. The second-order valence-corrected chi connectivity index (χ2v) is 8.78. The van der Waals surface area contributed by atoms with Crippen molar-refractivity contribution in [2.45, 2.75) is 26.4 Å². The van der Waals surface area contributed by atoms with E-state index in [0.717, 1.165) is 28.6 Å². The molecule has 0 radical (unpaired) electrons. The molecule has 2 amide bonds. The summed E-state index contributed by atoms with van der Waals surface area (Å²) in [5, 5.41) is 5.10. The van der Waals surface area contributed by atoms with Gasteiger partial charge in [0.05, 0.1) is 11.7 Å². The highest BCUT2D eigenvalue weighted by atomic mass is 16.5. The lowest BCUT2D eigenvalue weighted by molar-refractivity contribution is 0.0743. The third-order valence-electron chi connectivity index (χ3n) is 5.96. The maximum absolute atomic E-state index is 13.0. The molecule has 1 fully saturated rings. The predicted octanol–water partition coefficient (Wildman–Crippen LogP) is 3.74. The fourth-order valence-electron chi connectivity index (χ4n) is 4.05. The van der Waals surface area contributed by atoms with Crippen LogP contribution in [0.2, 0.25) is 0 Å². The topological polar surface area (TPSA) is 74.8 Å². The second kappa shape index (κ2) is 11.1. The molecule has 1 aromatic heterocycles. The van der Waals surface area contributed by atoms with Crippen LogP contribution in [-0.2, 0) is 4.74 Å². The van der Waals surface area contributed by atoms with Gasteiger partial charge in [-0.25, -0.2) is 4.98 Å². The summed E-state index contributed by atoms with van der Waals surface area (Å²) < 4.78 is 5.48. The van der Waals surface area contributed by atoms with Crippen LogP contribution in [0.1, 0.15) is 41.0 Å². The van der Waals surface area contributed by atoms with Gasteiger partial charge in [0.25, 0.3) is 11.8 Å². The number of aromatic nitrogens is 1. The molecular formula is C27H32N4O3. The van der Waals surface area contributed by atoms with Crippen LogP contribution in [0.3, 0.4) is 0 Å². The van der Waals surface area contributed by atoms with Crippen LogP contribution in [-0.4, -0.2) is 67.1 Å². The number of nitrogens with one attached hydrogen (secondary N) is 1. The molecule has 0 aliphatic carbocycles. The first-order valence-electron chi connectivity index (χ1n) is 11.9. The average molecular weight is 461 g/mol. The largest absolute Gasteiger partial charge is 0.379 e. The predicted molar refractivity (Wildman–Crippen MR) is 134 cm³/mol. The average Bonchev–Trinajstić information content (AvgIpc) is 2.87.